The molecule has 0 spiro atoms. The van der Waals surface area contributed by atoms with Crippen LogP contribution in [0.15, 0.2) is 47.8 Å². The lowest BCUT2D eigenvalue weighted by Crippen LogP contribution is -2.29. The van der Waals surface area contributed by atoms with Crippen LogP contribution in [0.3, 0.4) is 0 Å². The van der Waals surface area contributed by atoms with Crippen LogP contribution in [0.5, 0.6) is 0 Å². The fourth-order valence-corrected chi connectivity index (χ4v) is 3.75. The van der Waals surface area contributed by atoms with Crippen LogP contribution in [-0.2, 0) is 9.59 Å². The Hall–Kier alpha value is -2.99. The number of anilines is 1. The maximum atomic E-state index is 12.6. The van der Waals surface area contributed by atoms with Gasteiger partial charge in [0.1, 0.15) is 0 Å². The lowest BCUT2D eigenvalue weighted by Gasteiger charge is -2.18. The molecule has 1 atom stereocenters. The Morgan fingerprint density at radius 1 is 1.03 bits per heavy atom. The van der Waals surface area contributed by atoms with Gasteiger partial charge < -0.3 is 10.6 Å². The smallest absolute Gasteiger partial charge is 0.228 e. The van der Waals surface area contributed by atoms with Crippen molar-refractivity contribution in [2.75, 3.05) is 5.32 Å². The highest BCUT2D eigenvalue weighted by Crippen LogP contribution is 2.27. The number of hydrogen-bond acceptors (Lipinski definition) is 4. The molecule has 0 aliphatic heterocycles. The van der Waals surface area contributed by atoms with E-state index < -0.39 is 0 Å². The summed E-state index contributed by atoms with van der Waals surface area (Å²) in [5.41, 5.74) is 6.33. The number of thiazole rings is 1. The number of hydrogen-bond donors (Lipinski definition) is 2. The minimum atomic E-state index is -0.382. The predicted molar refractivity (Wildman–Crippen MR) is 118 cm³/mol. The Labute approximate surface area is 175 Å². The van der Waals surface area contributed by atoms with Gasteiger partial charge in [-0.2, -0.15) is 0 Å². The lowest BCUT2D eigenvalue weighted by atomic mass is 10.0. The van der Waals surface area contributed by atoms with E-state index >= 15 is 0 Å². The molecule has 150 valence electrons. The van der Waals surface area contributed by atoms with E-state index in [0.717, 1.165) is 22.4 Å². The van der Waals surface area contributed by atoms with E-state index in [0.29, 0.717) is 5.13 Å². The largest absolute Gasteiger partial charge is 0.349 e. The molecule has 0 saturated heterocycles. The van der Waals surface area contributed by atoms with Gasteiger partial charge in [-0.25, -0.2) is 4.98 Å². The quantitative estimate of drug-likeness (QED) is 0.608. The number of aryl methyl sites for hydroxylation is 3. The van der Waals surface area contributed by atoms with Crippen molar-refractivity contribution < 1.29 is 9.59 Å². The number of carbonyl (C=O) groups is 2. The summed E-state index contributed by atoms with van der Waals surface area (Å²) in [5, 5.41) is 8.20. The second-order valence-corrected chi connectivity index (χ2v) is 8.11. The molecule has 5 nitrogen and oxygen atoms in total. The third-order valence-electron chi connectivity index (χ3n) is 4.80. The summed E-state index contributed by atoms with van der Waals surface area (Å²) >= 11 is 1.39. The predicted octanol–water partition coefficient (Wildman–Crippen LogP) is 4.94. The lowest BCUT2D eigenvalue weighted by molar-refractivity contribution is -0.120. The zero-order valence-corrected chi connectivity index (χ0v) is 17.9. The normalized spacial score (nSPS) is 11.7. The Balaban J connectivity index is 1.70. The summed E-state index contributed by atoms with van der Waals surface area (Å²) in [6, 6.07) is 13.6. The summed E-state index contributed by atoms with van der Waals surface area (Å²) in [6.45, 7) is 7.60. The fourth-order valence-electron chi connectivity index (χ4n) is 3.02. The van der Waals surface area contributed by atoms with Crippen LogP contribution in [0.25, 0.3) is 11.3 Å². The molecule has 6 heteroatoms. The first-order chi connectivity index (χ1) is 13.8. The first-order valence-electron chi connectivity index (χ1n) is 9.48. The van der Waals surface area contributed by atoms with Crippen LogP contribution in [0.1, 0.15) is 41.6 Å². The standard InChI is InChI=1S/C23H25N3O2S/c1-14-5-8-18(9-6-14)20(24-17(4)27)12-22(28)26-23-25-21(13-29-23)19-10-7-15(2)16(3)11-19/h5-11,13,20H,12H2,1-4H3,(H,24,27)(H,25,26,28). The molecule has 0 fully saturated rings. The zero-order chi connectivity index (χ0) is 21.0. The molecule has 2 amide bonds. The number of carbonyl (C=O) groups excluding carboxylic acids is 2. The van der Waals surface area contributed by atoms with Crippen molar-refractivity contribution in [3.8, 4) is 11.3 Å². The molecule has 0 saturated carbocycles. The van der Waals surface area contributed by atoms with E-state index in [-0.39, 0.29) is 24.3 Å². The number of nitrogens with one attached hydrogen (secondary N) is 2. The molecule has 2 N–H and O–H groups in total. The highest BCUT2D eigenvalue weighted by atomic mass is 32.1. The molecule has 0 aliphatic rings. The topological polar surface area (TPSA) is 71.1 Å². The molecule has 0 bridgehead atoms. The summed E-state index contributed by atoms with van der Waals surface area (Å²) in [7, 11) is 0. The van der Waals surface area contributed by atoms with Gasteiger partial charge in [0.2, 0.25) is 11.8 Å². The Morgan fingerprint density at radius 2 is 1.76 bits per heavy atom. The van der Waals surface area contributed by atoms with Crippen molar-refractivity contribution in [2.45, 2.75) is 40.2 Å². The third kappa shape index (κ3) is 5.51. The number of rotatable bonds is 6. The second-order valence-electron chi connectivity index (χ2n) is 7.25. The van der Waals surface area contributed by atoms with E-state index in [2.05, 4.69) is 41.6 Å². The van der Waals surface area contributed by atoms with Gasteiger partial charge in [0, 0.05) is 17.9 Å². The van der Waals surface area contributed by atoms with Gasteiger partial charge in [-0.1, -0.05) is 42.0 Å². The number of amides is 2. The Bertz CT molecular complexity index is 1020. The van der Waals surface area contributed by atoms with Crippen LogP contribution in [-0.4, -0.2) is 16.8 Å². The summed E-state index contributed by atoms with van der Waals surface area (Å²) < 4.78 is 0. The average Bonchev–Trinajstić information content (AvgIpc) is 3.12. The second kappa shape index (κ2) is 9.01. The average molecular weight is 408 g/mol. The van der Waals surface area contributed by atoms with Gasteiger partial charge in [0.15, 0.2) is 5.13 Å². The van der Waals surface area contributed by atoms with E-state index in [9.17, 15) is 9.59 Å². The molecule has 2 aromatic carbocycles. The van der Waals surface area contributed by atoms with Gasteiger partial charge in [0.25, 0.3) is 0 Å². The molecular weight excluding hydrogens is 382 g/mol. The molecule has 0 aliphatic carbocycles. The summed E-state index contributed by atoms with van der Waals surface area (Å²) in [5.74, 6) is -0.361. The molecule has 0 radical (unpaired) electrons. The van der Waals surface area contributed by atoms with Crippen LogP contribution < -0.4 is 10.6 Å². The molecular formula is C23H25N3O2S. The van der Waals surface area contributed by atoms with Gasteiger partial charge >= 0.3 is 0 Å². The van der Waals surface area contributed by atoms with Crippen LogP contribution >= 0.6 is 11.3 Å². The number of aromatic nitrogens is 1. The minimum Gasteiger partial charge on any atom is -0.349 e. The maximum Gasteiger partial charge on any atom is 0.228 e. The van der Waals surface area contributed by atoms with Gasteiger partial charge in [0.05, 0.1) is 18.2 Å². The minimum absolute atomic E-state index is 0.140. The SMILES string of the molecule is CC(=O)NC(CC(=O)Nc1nc(-c2ccc(C)c(C)c2)cs1)c1ccc(C)cc1. The van der Waals surface area contributed by atoms with Crippen LogP contribution in [0.2, 0.25) is 0 Å². The molecule has 29 heavy (non-hydrogen) atoms. The molecule has 1 heterocycles. The third-order valence-corrected chi connectivity index (χ3v) is 5.56. The highest BCUT2D eigenvalue weighted by Gasteiger charge is 2.18. The number of nitrogens with zero attached hydrogens (tertiary/aromatic N) is 1. The number of benzene rings is 2. The highest BCUT2D eigenvalue weighted by molar-refractivity contribution is 7.14. The molecule has 3 aromatic rings. The fraction of sp³-hybridized carbons (Fsp3) is 0.261. The van der Waals surface area contributed by atoms with Gasteiger partial charge in [-0.05, 0) is 43.5 Å². The van der Waals surface area contributed by atoms with E-state index in [1.165, 1.54) is 29.4 Å². The van der Waals surface area contributed by atoms with Crippen molar-refractivity contribution >= 4 is 28.3 Å². The van der Waals surface area contributed by atoms with Crippen molar-refractivity contribution in [3.63, 3.8) is 0 Å². The zero-order valence-electron chi connectivity index (χ0n) is 17.1. The van der Waals surface area contributed by atoms with E-state index in [4.69, 9.17) is 0 Å². The Morgan fingerprint density at radius 3 is 2.41 bits per heavy atom. The molecule has 1 unspecified atom stereocenters. The van der Waals surface area contributed by atoms with Crippen molar-refractivity contribution in [3.05, 3.63) is 70.1 Å². The van der Waals surface area contributed by atoms with Gasteiger partial charge in [-0.3, -0.25) is 9.59 Å². The van der Waals surface area contributed by atoms with Crippen molar-refractivity contribution in [1.29, 1.82) is 0 Å². The maximum absolute atomic E-state index is 12.6. The van der Waals surface area contributed by atoms with E-state index in [1.807, 2.05) is 42.6 Å². The monoisotopic (exact) mass is 407 g/mol. The summed E-state index contributed by atoms with van der Waals surface area (Å²) in [6.07, 6.45) is 0.140. The molecule has 1 aromatic heterocycles. The first kappa shape index (κ1) is 20.7. The van der Waals surface area contributed by atoms with Crippen molar-refractivity contribution in [2.24, 2.45) is 0 Å². The van der Waals surface area contributed by atoms with Crippen LogP contribution in [0.4, 0.5) is 5.13 Å². The first-order valence-corrected chi connectivity index (χ1v) is 10.4. The Kier molecular flexibility index (Phi) is 6.44. The van der Waals surface area contributed by atoms with Crippen LogP contribution in [0, 0.1) is 20.8 Å². The van der Waals surface area contributed by atoms with E-state index in [1.54, 1.807) is 0 Å². The molecule has 3 rings (SSSR count). The van der Waals surface area contributed by atoms with Gasteiger partial charge in [-0.15, -0.1) is 11.3 Å². The summed E-state index contributed by atoms with van der Waals surface area (Å²) in [4.78, 5) is 28.7. The van der Waals surface area contributed by atoms with Crippen molar-refractivity contribution in [1.82, 2.24) is 10.3 Å².